The summed E-state index contributed by atoms with van der Waals surface area (Å²) in [7, 11) is 1.50. The van der Waals surface area contributed by atoms with Crippen molar-refractivity contribution >= 4 is 44.1 Å². The first kappa shape index (κ1) is 14.7. The van der Waals surface area contributed by atoms with Crippen LogP contribution in [0.1, 0.15) is 27.8 Å². The van der Waals surface area contributed by atoms with Gasteiger partial charge in [-0.25, -0.2) is 4.98 Å². The molecule has 0 unspecified atom stereocenters. The van der Waals surface area contributed by atoms with Gasteiger partial charge >= 0.3 is 0 Å². The van der Waals surface area contributed by atoms with Crippen LogP contribution in [0, 0.1) is 0 Å². The van der Waals surface area contributed by atoms with Gasteiger partial charge in [-0.1, -0.05) is 15.9 Å². The maximum Gasteiger partial charge on any atom is 0.261 e. The van der Waals surface area contributed by atoms with Gasteiger partial charge < -0.3 is 4.74 Å². The van der Waals surface area contributed by atoms with E-state index in [1.165, 1.54) is 25.4 Å². The van der Waals surface area contributed by atoms with Gasteiger partial charge in [0.05, 0.1) is 12.7 Å². The quantitative estimate of drug-likeness (QED) is 0.854. The lowest BCUT2D eigenvalue weighted by atomic mass is 10.2. The van der Waals surface area contributed by atoms with Gasteiger partial charge in [0.2, 0.25) is 0 Å². The first-order chi connectivity index (χ1) is 9.51. The van der Waals surface area contributed by atoms with Crippen molar-refractivity contribution in [2.45, 2.75) is 6.92 Å². The molecule has 0 aliphatic rings. The van der Waals surface area contributed by atoms with Crippen LogP contribution in [0.3, 0.4) is 0 Å². The van der Waals surface area contributed by atoms with Crippen molar-refractivity contribution < 1.29 is 14.3 Å². The van der Waals surface area contributed by atoms with Crippen LogP contribution in [0.25, 0.3) is 0 Å². The molecule has 0 saturated carbocycles. The minimum absolute atomic E-state index is 0.136. The number of hydrogen-bond donors (Lipinski definition) is 1. The number of methoxy groups -OCH3 is 1. The molecule has 0 aliphatic heterocycles. The highest BCUT2D eigenvalue weighted by atomic mass is 79.9. The number of hydrogen-bond acceptors (Lipinski definition) is 5. The number of rotatable bonds is 4. The zero-order chi connectivity index (χ0) is 14.7. The molecule has 2 rings (SSSR count). The monoisotopic (exact) mass is 354 g/mol. The van der Waals surface area contributed by atoms with Crippen LogP contribution in [0.5, 0.6) is 5.75 Å². The largest absolute Gasteiger partial charge is 0.496 e. The summed E-state index contributed by atoms with van der Waals surface area (Å²) in [4.78, 5) is 27.4. The Balaban J connectivity index is 2.21. The van der Waals surface area contributed by atoms with Crippen LogP contribution in [-0.2, 0) is 0 Å². The minimum Gasteiger partial charge on any atom is -0.496 e. The number of nitrogens with zero attached hydrogens (tertiary/aromatic N) is 1. The molecule has 5 nitrogen and oxygen atoms in total. The third-order valence-electron chi connectivity index (χ3n) is 2.49. The van der Waals surface area contributed by atoms with Gasteiger partial charge in [-0.2, -0.15) is 0 Å². The molecule has 1 aromatic heterocycles. The third kappa shape index (κ3) is 3.23. The topological polar surface area (TPSA) is 68.3 Å². The maximum absolute atomic E-state index is 12.2. The molecule has 20 heavy (non-hydrogen) atoms. The predicted octanol–water partition coefficient (Wildman–Crippen LogP) is 3.37. The summed E-state index contributed by atoms with van der Waals surface area (Å²) in [5.74, 6) is -0.0120. The Labute approximate surface area is 128 Å². The molecule has 2 aromatic rings. The molecule has 7 heteroatoms. The Morgan fingerprint density at radius 2 is 2.15 bits per heavy atom. The molecule has 1 N–H and O–H groups in total. The van der Waals surface area contributed by atoms with E-state index in [1.54, 1.807) is 23.6 Å². The Kier molecular flexibility index (Phi) is 4.51. The van der Waals surface area contributed by atoms with Crippen LogP contribution in [0.2, 0.25) is 0 Å². The van der Waals surface area contributed by atoms with Crippen molar-refractivity contribution in [3.63, 3.8) is 0 Å². The van der Waals surface area contributed by atoms with Gasteiger partial charge in [0, 0.05) is 16.8 Å². The predicted molar refractivity (Wildman–Crippen MR) is 80.8 cm³/mol. The van der Waals surface area contributed by atoms with Crippen LogP contribution < -0.4 is 10.1 Å². The van der Waals surface area contributed by atoms with Gasteiger partial charge in [0.1, 0.15) is 11.4 Å². The number of nitrogens with one attached hydrogen (secondary N) is 1. The van der Waals surface area contributed by atoms with Gasteiger partial charge in [0.25, 0.3) is 5.91 Å². The highest BCUT2D eigenvalue weighted by Gasteiger charge is 2.15. The van der Waals surface area contributed by atoms with E-state index in [0.717, 1.165) is 4.47 Å². The number of benzene rings is 1. The summed E-state index contributed by atoms with van der Waals surface area (Å²) in [5.41, 5.74) is 0.739. The average Bonchev–Trinajstić information content (AvgIpc) is 2.87. The molecule has 0 fully saturated rings. The van der Waals surface area contributed by atoms with Crippen LogP contribution in [-0.4, -0.2) is 23.8 Å². The van der Waals surface area contributed by atoms with E-state index in [-0.39, 0.29) is 11.7 Å². The van der Waals surface area contributed by atoms with E-state index in [9.17, 15) is 9.59 Å². The zero-order valence-corrected chi connectivity index (χ0v) is 13.2. The average molecular weight is 355 g/mol. The highest BCUT2D eigenvalue weighted by molar-refractivity contribution is 9.10. The Morgan fingerprint density at radius 1 is 1.40 bits per heavy atom. The van der Waals surface area contributed by atoms with E-state index in [0.29, 0.717) is 22.1 Å². The standard InChI is InChI=1S/C13H11BrN2O3S/c1-7(17)10-6-20-13(15-10)16-12(18)9-4-3-8(14)5-11(9)19-2/h3-6H,1-2H3,(H,15,16,18). The minimum atomic E-state index is -0.334. The van der Waals surface area contributed by atoms with E-state index in [1.807, 2.05) is 0 Å². The van der Waals surface area contributed by atoms with Gasteiger partial charge in [-0.3, -0.25) is 14.9 Å². The summed E-state index contributed by atoms with van der Waals surface area (Å²) >= 11 is 4.52. The fourth-order valence-electron chi connectivity index (χ4n) is 1.51. The van der Waals surface area contributed by atoms with E-state index >= 15 is 0 Å². The SMILES string of the molecule is COc1cc(Br)ccc1C(=O)Nc1nc(C(C)=O)cs1. The smallest absolute Gasteiger partial charge is 0.261 e. The molecule has 0 aliphatic carbocycles. The number of halogens is 1. The molecular formula is C13H11BrN2O3S. The molecule has 1 aromatic carbocycles. The maximum atomic E-state index is 12.2. The van der Waals surface area contributed by atoms with E-state index in [2.05, 4.69) is 26.2 Å². The van der Waals surface area contributed by atoms with Crippen molar-refractivity contribution in [1.29, 1.82) is 0 Å². The van der Waals surface area contributed by atoms with Gasteiger partial charge in [-0.05, 0) is 18.2 Å². The number of Topliss-reactive ketones (excluding diaryl/α,β-unsaturated/α-hetero) is 1. The van der Waals surface area contributed by atoms with Crippen molar-refractivity contribution in [3.8, 4) is 5.75 Å². The van der Waals surface area contributed by atoms with Crippen molar-refractivity contribution in [2.75, 3.05) is 12.4 Å². The highest BCUT2D eigenvalue weighted by Crippen LogP contribution is 2.25. The van der Waals surface area contributed by atoms with Crippen molar-refractivity contribution in [3.05, 3.63) is 39.3 Å². The normalized spacial score (nSPS) is 10.2. The molecule has 1 heterocycles. The Hall–Kier alpha value is -1.73. The zero-order valence-electron chi connectivity index (χ0n) is 10.8. The van der Waals surface area contributed by atoms with E-state index in [4.69, 9.17) is 4.74 Å². The second-order valence-corrected chi connectivity index (χ2v) is 5.67. The van der Waals surface area contributed by atoms with E-state index < -0.39 is 0 Å². The second kappa shape index (κ2) is 6.15. The van der Waals surface area contributed by atoms with Crippen molar-refractivity contribution in [2.24, 2.45) is 0 Å². The Bertz CT molecular complexity index is 669. The summed E-state index contributed by atoms with van der Waals surface area (Å²) < 4.78 is 5.99. The number of amides is 1. The molecule has 1 amide bonds. The fraction of sp³-hybridized carbons (Fsp3) is 0.154. The number of carbonyl (C=O) groups is 2. The van der Waals surface area contributed by atoms with Crippen molar-refractivity contribution in [1.82, 2.24) is 4.98 Å². The summed E-state index contributed by atoms with van der Waals surface area (Å²) in [6.45, 7) is 1.43. The van der Waals surface area contributed by atoms with Crippen LogP contribution in [0.4, 0.5) is 5.13 Å². The lowest BCUT2D eigenvalue weighted by Gasteiger charge is -2.08. The summed E-state index contributed by atoms with van der Waals surface area (Å²) in [6, 6.07) is 5.11. The molecule has 0 saturated heterocycles. The molecule has 0 bridgehead atoms. The number of anilines is 1. The van der Waals surface area contributed by atoms with Crippen LogP contribution >= 0.6 is 27.3 Å². The number of ether oxygens (including phenoxy) is 1. The third-order valence-corrected chi connectivity index (χ3v) is 3.74. The summed E-state index contributed by atoms with van der Waals surface area (Å²) in [5, 5.41) is 4.64. The lowest BCUT2D eigenvalue weighted by Crippen LogP contribution is -2.13. The first-order valence-electron chi connectivity index (χ1n) is 5.62. The van der Waals surface area contributed by atoms with Crippen LogP contribution in [0.15, 0.2) is 28.1 Å². The first-order valence-corrected chi connectivity index (χ1v) is 7.30. The molecule has 0 atom stereocenters. The van der Waals surface area contributed by atoms with Gasteiger partial charge in [0.15, 0.2) is 10.9 Å². The van der Waals surface area contributed by atoms with Gasteiger partial charge in [-0.15, -0.1) is 11.3 Å². The summed E-state index contributed by atoms with van der Waals surface area (Å²) in [6.07, 6.45) is 0. The molecule has 0 radical (unpaired) electrons. The molecule has 104 valence electrons. The number of carbonyl (C=O) groups excluding carboxylic acids is 2. The fourth-order valence-corrected chi connectivity index (χ4v) is 2.59. The lowest BCUT2D eigenvalue weighted by molar-refractivity contribution is 0.100. The Morgan fingerprint density at radius 3 is 2.75 bits per heavy atom. The molecular weight excluding hydrogens is 344 g/mol. The number of aromatic nitrogens is 1. The number of thiazole rings is 1. The molecule has 0 spiro atoms. The number of ketones is 1. The second-order valence-electron chi connectivity index (χ2n) is 3.89.